The van der Waals surface area contributed by atoms with E-state index in [-0.39, 0.29) is 18.3 Å². The van der Waals surface area contributed by atoms with Gasteiger partial charge in [0.25, 0.3) is 5.91 Å². The van der Waals surface area contributed by atoms with Crippen molar-refractivity contribution in [2.75, 3.05) is 33.4 Å². The standard InChI is InChI=1S/C18H24N4O2.ClH/c1-24-13-12-19-10-11-20-18(23)17-15-8-5-9-16(15)22(21-17)14-6-3-2-4-7-14;/h2-4,6-7,19H,5,8-13H2,1H3,(H,20,23);1H. The Bertz CT molecular complexity index is 688. The van der Waals surface area contributed by atoms with Gasteiger partial charge >= 0.3 is 0 Å². The fourth-order valence-electron chi connectivity index (χ4n) is 3.05. The second-order valence-corrected chi connectivity index (χ2v) is 5.87. The zero-order valence-electron chi connectivity index (χ0n) is 14.5. The number of halogens is 1. The molecular formula is C18H25ClN4O2. The van der Waals surface area contributed by atoms with Crippen molar-refractivity contribution >= 4 is 18.3 Å². The lowest BCUT2D eigenvalue weighted by Crippen LogP contribution is -2.33. The van der Waals surface area contributed by atoms with Crippen molar-refractivity contribution in [3.05, 3.63) is 47.3 Å². The van der Waals surface area contributed by atoms with Crippen molar-refractivity contribution in [3.63, 3.8) is 0 Å². The van der Waals surface area contributed by atoms with E-state index in [2.05, 4.69) is 15.7 Å². The lowest BCUT2D eigenvalue weighted by molar-refractivity contribution is 0.0947. The van der Waals surface area contributed by atoms with Crippen LogP contribution in [0.5, 0.6) is 0 Å². The number of ether oxygens (including phenoxy) is 1. The van der Waals surface area contributed by atoms with Gasteiger partial charge in [0.15, 0.2) is 5.69 Å². The molecule has 1 amide bonds. The number of fused-ring (bicyclic) bond motifs is 1. The van der Waals surface area contributed by atoms with Gasteiger partial charge in [0.1, 0.15) is 0 Å². The maximum Gasteiger partial charge on any atom is 0.272 e. The van der Waals surface area contributed by atoms with E-state index in [1.54, 1.807) is 7.11 Å². The van der Waals surface area contributed by atoms with Crippen molar-refractivity contribution in [1.29, 1.82) is 0 Å². The molecule has 1 aromatic heterocycles. The van der Waals surface area contributed by atoms with Crippen LogP contribution in [0.3, 0.4) is 0 Å². The molecule has 2 aromatic rings. The average molecular weight is 365 g/mol. The Morgan fingerprint density at radius 2 is 2.00 bits per heavy atom. The van der Waals surface area contributed by atoms with E-state index < -0.39 is 0 Å². The van der Waals surface area contributed by atoms with Crippen LogP contribution in [0.2, 0.25) is 0 Å². The maximum atomic E-state index is 12.5. The molecule has 25 heavy (non-hydrogen) atoms. The molecule has 1 aliphatic carbocycles. The first kappa shape index (κ1) is 19.4. The number of carbonyl (C=O) groups excluding carboxylic acids is 1. The van der Waals surface area contributed by atoms with E-state index >= 15 is 0 Å². The third-order valence-corrected chi connectivity index (χ3v) is 4.22. The van der Waals surface area contributed by atoms with Crippen molar-refractivity contribution in [1.82, 2.24) is 20.4 Å². The molecule has 0 atom stereocenters. The van der Waals surface area contributed by atoms with Crippen LogP contribution in [0.4, 0.5) is 0 Å². The molecule has 0 fully saturated rings. The molecule has 0 spiro atoms. The summed E-state index contributed by atoms with van der Waals surface area (Å²) >= 11 is 0. The van der Waals surface area contributed by atoms with Gasteiger partial charge in [-0.1, -0.05) is 18.2 Å². The highest BCUT2D eigenvalue weighted by molar-refractivity contribution is 5.94. The van der Waals surface area contributed by atoms with Gasteiger partial charge in [0.05, 0.1) is 12.3 Å². The Balaban J connectivity index is 0.00000225. The fourth-order valence-corrected chi connectivity index (χ4v) is 3.05. The van der Waals surface area contributed by atoms with Gasteiger partial charge in [-0.15, -0.1) is 12.4 Å². The highest BCUT2D eigenvalue weighted by Crippen LogP contribution is 2.27. The lowest BCUT2D eigenvalue weighted by Gasteiger charge is -2.06. The highest BCUT2D eigenvalue weighted by Gasteiger charge is 2.26. The van der Waals surface area contributed by atoms with E-state index in [0.717, 1.165) is 43.6 Å². The molecule has 0 saturated carbocycles. The predicted molar refractivity (Wildman–Crippen MR) is 99.9 cm³/mol. The fraction of sp³-hybridized carbons (Fsp3) is 0.444. The van der Waals surface area contributed by atoms with Gasteiger partial charge in [-0.25, -0.2) is 4.68 Å². The van der Waals surface area contributed by atoms with Crippen molar-refractivity contribution in [2.45, 2.75) is 19.3 Å². The summed E-state index contributed by atoms with van der Waals surface area (Å²) in [6.07, 6.45) is 2.99. The summed E-state index contributed by atoms with van der Waals surface area (Å²) in [4.78, 5) is 12.5. The third kappa shape index (κ3) is 4.60. The van der Waals surface area contributed by atoms with E-state index in [1.165, 1.54) is 5.69 Å². The number of para-hydroxylation sites is 1. The number of carbonyl (C=O) groups is 1. The summed E-state index contributed by atoms with van der Waals surface area (Å²) in [6.45, 7) is 2.75. The molecule has 0 unspecified atom stereocenters. The second-order valence-electron chi connectivity index (χ2n) is 5.87. The molecule has 1 aromatic carbocycles. The SMILES string of the molecule is COCCNCCNC(=O)c1nn(-c2ccccc2)c2c1CCC2.Cl. The van der Waals surface area contributed by atoms with Gasteiger partial charge in [0.2, 0.25) is 0 Å². The smallest absolute Gasteiger partial charge is 0.272 e. The van der Waals surface area contributed by atoms with Crippen LogP contribution in [0, 0.1) is 0 Å². The van der Waals surface area contributed by atoms with Crippen LogP contribution in [-0.2, 0) is 17.6 Å². The second kappa shape index (κ2) is 9.56. The molecule has 1 heterocycles. The number of hydrogen-bond acceptors (Lipinski definition) is 4. The largest absolute Gasteiger partial charge is 0.383 e. The van der Waals surface area contributed by atoms with Gasteiger partial charge in [-0.05, 0) is 31.4 Å². The predicted octanol–water partition coefficient (Wildman–Crippen LogP) is 1.75. The highest BCUT2D eigenvalue weighted by atomic mass is 35.5. The number of nitrogens with zero attached hydrogens (tertiary/aromatic N) is 2. The first-order chi connectivity index (χ1) is 11.8. The molecule has 0 aliphatic heterocycles. The van der Waals surface area contributed by atoms with Gasteiger partial charge < -0.3 is 15.4 Å². The third-order valence-electron chi connectivity index (χ3n) is 4.22. The summed E-state index contributed by atoms with van der Waals surface area (Å²) in [5.74, 6) is -0.0867. The normalized spacial score (nSPS) is 12.5. The summed E-state index contributed by atoms with van der Waals surface area (Å²) in [5, 5.41) is 10.8. The number of methoxy groups -OCH3 is 1. The summed E-state index contributed by atoms with van der Waals surface area (Å²) in [7, 11) is 1.67. The minimum Gasteiger partial charge on any atom is -0.383 e. The summed E-state index contributed by atoms with van der Waals surface area (Å²) < 4.78 is 6.90. The van der Waals surface area contributed by atoms with Crippen LogP contribution >= 0.6 is 12.4 Å². The molecular weight excluding hydrogens is 340 g/mol. The molecule has 2 N–H and O–H groups in total. The van der Waals surface area contributed by atoms with E-state index in [0.29, 0.717) is 18.8 Å². The molecule has 3 rings (SSSR count). The van der Waals surface area contributed by atoms with Crippen LogP contribution in [-0.4, -0.2) is 49.0 Å². The summed E-state index contributed by atoms with van der Waals surface area (Å²) in [6, 6.07) is 10.0. The molecule has 1 aliphatic rings. The number of amides is 1. The Labute approximate surface area is 154 Å². The first-order valence-electron chi connectivity index (χ1n) is 8.45. The first-order valence-corrected chi connectivity index (χ1v) is 8.45. The monoisotopic (exact) mass is 364 g/mol. The minimum absolute atomic E-state index is 0. The van der Waals surface area contributed by atoms with Crippen molar-refractivity contribution in [3.8, 4) is 5.69 Å². The van der Waals surface area contributed by atoms with E-state index in [9.17, 15) is 4.79 Å². The average Bonchev–Trinajstić information content (AvgIpc) is 3.21. The maximum absolute atomic E-state index is 12.5. The Kier molecular flexibility index (Phi) is 7.43. The van der Waals surface area contributed by atoms with Crippen LogP contribution in [0.1, 0.15) is 28.2 Å². The van der Waals surface area contributed by atoms with Crippen LogP contribution < -0.4 is 10.6 Å². The Hall–Kier alpha value is -1.89. The molecule has 0 bridgehead atoms. The minimum atomic E-state index is -0.0867. The Morgan fingerprint density at radius 3 is 2.76 bits per heavy atom. The van der Waals surface area contributed by atoms with E-state index in [4.69, 9.17) is 4.74 Å². The van der Waals surface area contributed by atoms with Gasteiger partial charge in [0, 0.05) is 38.0 Å². The molecule has 0 radical (unpaired) electrons. The zero-order chi connectivity index (χ0) is 16.8. The molecule has 7 heteroatoms. The zero-order valence-corrected chi connectivity index (χ0v) is 15.3. The van der Waals surface area contributed by atoms with Gasteiger partial charge in [-0.3, -0.25) is 4.79 Å². The quantitative estimate of drug-likeness (QED) is 0.700. The number of rotatable bonds is 8. The molecule has 136 valence electrons. The number of aromatic nitrogens is 2. The van der Waals surface area contributed by atoms with Gasteiger partial charge in [-0.2, -0.15) is 5.10 Å². The molecule has 6 nitrogen and oxygen atoms in total. The van der Waals surface area contributed by atoms with Crippen LogP contribution in [0.25, 0.3) is 5.69 Å². The Morgan fingerprint density at radius 1 is 1.20 bits per heavy atom. The topological polar surface area (TPSA) is 68.2 Å². The molecule has 0 saturated heterocycles. The number of benzene rings is 1. The van der Waals surface area contributed by atoms with Crippen molar-refractivity contribution < 1.29 is 9.53 Å². The summed E-state index contributed by atoms with van der Waals surface area (Å²) in [5.41, 5.74) is 3.85. The lowest BCUT2D eigenvalue weighted by atomic mass is 10.2. The number of hydrogen-bond donors (Lipinski definition) is 2. The van der Waals surface area contributed by atoms with Crippen LogP contribution in [0.15, 0.2) is 30.3 Å². The number of nitrogens with one attached hydrogen (secondary N) is 2. The van der Waals surface area contributed by atoms with E-state index in [1.807, 2.05) is 35.0 Å². The van der Waals surface area contributed by atoms with Crippen molar-refractivity contribution in [2.24, 2.45) is 0 Å².